The van der Waals surface area contributed by atoms with Gasteiger partial charge in [0.05, 0.1) is 0 Å². The van der Waals surface area contributed by atoms with Crippen LogP contribution in [0, 0.1) is 19.8 Å². The molecule has 1 aliphatic heterocycles. The first-order valence-corrected chi connectivity index (χ1v) is 7.63. The smallest absolute Gasteiger partial charge is 0.223 e. The van der Waals surface area contributed by atoms with E-state index in [2.05, 4.69) is 49.6 Å². The largest absolute Gasteiger partial charge is 0.356 e. The summed E-state index contributed by atoms with van der Waals surface area (Å²) in [4.78, 5) is 12.1. The Bertz CT molecular complexity index is 456. The highest BCUT2D eigenvalue weighted by atomic mass is 35.5. The van der Waals surface area contributed by atoms with Gasteiger partial charge in [-0.3, -0.25) is 4.79 Å². The maximum atomic E-state index is 12.1. The van der Waals surface area contributed by atoms with Crippen molar-refractivity contribution in [1.29, 1.82) is 0 Å². The lowest BCUT2D eigenvalue weighted by Crippen LogP contribution is -2.42. The average molecular weight is 311 g/mol. The highest BCUT2D eigenvalue weighted by Crippen LogP contribution is 2.16. The van der Waals surface area contributed by atoms with E-state index in [0.717, 1.165) is 32.4 Å². The summed E-state index contributed by atoms with van der Waals surface area (Å²) in [6.45, 7) is 8.07. The lowest BCUT2D eigenvalue weighted by atomic mass is 9.92. The first-order valence-electron chi connectivity index (χ1n) is 7.63. The third-order valence-electron chi connectivity index (χ3n) is 3.99. The van der Waals surface area contributed by atoms with Crippen LogP contribution in [0.5, 0.6) is 0 Å². The Labute approximate surface area is 134 Å². The zero-order chi connectivity index (χ0) is 14.5. The van der Waals surface area contributed by atoms with Crippen LogP contribution in [-0.4, -0.2) is 25.0 Å². The Balaban J connectivity index is 0.00000220. The maximum absolute atomic E-state index is 12.1. The molecule has 2 rings (SSSR count). The van der Waals surface area contributed by atoms with Crippen molar-refractivity contribution in [3.63, 3.8) is 0 Å². The Morgan fingerprint density at radius 1 is 1.29 bits per heavy atom. The minimum atomic E-state index is 0. The standard InChI is InChI=1S/C17H26N2O.ClH/c1-12-8-13(2)10-15(9-12)4-6-19-17(20)16-5-7-18-14(3)11-16;/h8-10,14,16,18H,4-7,11H2,1-3H3,(H,19,20);1H/t14-,16-;/m0./s1. The van der Waals surface area contributed by atoms with Crippen LogP contribution in [0.15, 0.2) is 18.2 Å². The fourth-order valence-electron chi connectivity index (χ4n) is 3.06. The molecule has 0 radical (unpaired) electrons. The van der Waals surface area contributed by atoms with Gasteiger partial charge >= 0.3 is 0 Å². The Morgan fingerprint density at radius 2 is 1.95 bits per heavy atom. The molecule has 21 heavy (non-hydrogen) atoms. The van der Waals surface area contributed by atoms with Crippen molar-refractivity contribution in [2.45, 2.75) is 46.1 Å². The second-order valence-electron chi connectivity index (χ2n) is 6.11. The van der Waals surface area contributed by atoms with Gasteiger partial charge in [0.2, 0.25) is 5.91 Å². The number of carbonyl (C=O) groups is 1. The van der Waals surface area contributed by atoms with Crippen LogP contribution in [-0.2, 0) is 11.2 Å². The van der Waals surface area contributed by atoms with Gasteiger partial charge < -0.3 is 10.6 Å². The molecule has 0 unspecified atom stereocenters. The van der Waals surface area contributed by atoms with Gasteiger partial charge in [0.1, 0.15) is 0 Å². The lowest BCUT2D eigenvalue weighted by molar-refractivity contribution is -0.126. The van der Waals surface area contributed by atoms with Crippen molar-refractivity contribution >= 4 is 18.3 Å². The van der Waals surface area contributed by atoms with Crippen molar-refractivity contribution in [3.05, 3.63) is 34.9 Å². The van der Waals surface area contributed by atoms with E-state index < -0.39 is 0 Å². The number of rotatable bonds is 4. The minimum Gasteiger partial charge on any atom is -0.356 e. The molecule has 1 saturated heterocycles. The highest BCUT2D eigenvalue weighted by Gasteiger charge is 2.24. The Morgan fingerprint density at radius 3 is 2.57 bits per heavy atom. The van der Waals surface area contributed by atoms with Crippen LogP contribution in [0.25, 0.3) is 0 Å². The molecule has 0 aromatic heterocycles. The van der Waals surface area contributed by atoms with Gasteiger partial charge in [-0.1, -0.05) is 29.3 Å². The molecule has 0 aliphatic carbocycles. The summed E-state index contributed by atoms with van der Waals surface area (Å²) >= 11 is 0. The summed E-state index contributed by atoms with van der Waals surface area (Å²) < 4.78 is 0. The normalized spacial score (nSPS) is 21.5. The molecule has 0 bridgehead atoms. The second-order valence-corrected chi connectivity index (χ2v) is 6.11. The molecule has 2 N–H and O–H groups in total. The van der Waals surface area contributed by atoms with E-state index in [1.807, 2.05) is 0 Å². The fourth-order valence-corrected chi connectivity index (χ4v) is 3.06. The Hall–Kier alpha value is -1.06. The van der Waals surface area contributed by atoms with Crippen LogP contribution in [0.1, 0.15) is 36.5 Å². The SMILES string of the molecule is Cc1cc(C)cc(CCNC(=O)[C@H]2CCN[C@@H](C)C2)c1.Cl. The van der Waals surface area contributed by atoms with Crippen LogP contribution >= 0.6 is 12.4 Å². The second kappa shape index (κ2) is 8.40. The molecule has 3 nitrogen and oxygen atoms in total. The monoisotopic (exact) mass is 310 g/mol. The van der Waals surface area contributed by atoms with E-state index in [-0.39, 0.29) is 24.2 Å². The Kier molecular flexibility index (Phi) is 7.20. The number of amides is 1. The molecule has 1 aromatic rings. The van der Waals surface area contributed by atoms with Crippen LogP contribution in [0.3, 0.4) is 0 Å². The predicted molar refractivity (Wildman–Crippen MR) is 90.1 cm³/mol. The zero-order valence-corrected chi connectivity index (χ0v) is 14.1. The number of benzene rings is 1. The number of halogens is 1. The van der Waals surface area contributed by atoms with Crippen LogP contribution in [0.2, 0.25) is 0 Å². The van der Waals surface area contributed by atoms with Crippen molar-refractivity contribution in [1.82, 2.24) is 10.6 Å². The molecule has 1 fully saturated rings. The minimum absolute atomic E-state index is 0. The van der Waals surface area contributed by atoms with Crippen LogP contribution in [0.4, 0.5) is 0 Å². The van der Waals surface area contributed by atoms with Gasteiger partial charge in [0, 0.05) is 18.5 Å². The van der Waals surface area contributed by atoms with E-state index in [1.54, 1.807) is 0 Å². The van der Waals surface area contributed by atoms with Crippen molar-refractivity contribution in [2.75, 3.05) is 13.1 Å². The summed E-state index contributed by atoms with van der Waals surface area (Å²) in [6, 6.07) is 7.04. The summed E-state index contributed by atoms with van der Waals surface area (Å²) in [7, 11) is 0. The molecule has 1 aromatic carbocycles. The first kappa shape index (κ1) is 18.0. The zero-order valence-electron chi connectivity index (χ0n) is 13.2. The summed E-state index contributed by atoms with van der Waals surface area (Å²) in [6.07, 6.45) is 2.82. The molecular formula is C17H27ClN2O. The summed E-state index contributed by atoms with van der Waals surface area (Å²) in [5.41, 5.74) is 3.89. The van der Waals surface area contributed by atoms with Gasteiger partial charge in [-0.2, -0.15) is 0 Å². The van der Waals surface area contributed by atoms with E-state index in [4.69, 9.17) is 0 Å². The van der Waals surface area contributed by atoms with Gasteiger partial charge in [-0.15, -0.1) is 12.4 Å². The fraction of sp³-hybridized carbons (Fsp3) is 0.588. The van der Waals surface area contributed by atoms with Crippen LogP contribution < -0.4 is 10.6 Å². The van der Waals surface area contributed by atoms with E-state index in [9.17, 15) is 4.79 Å². The molecule has 0 spiro atoms. The molecule has 118 valence electrons. The van der Waals surface area contributed by atoms with Crippen molar-refractivity contribution < 1.29 is 4.79 Å². The van der Waals surface area contributed by atoms with E-state index in [1.165, 1.54) is 16.7 Å². The molecule has 1 heterocycles. The highest BCUT2D eigenvalue weighted by molar-refractivity contribution is 5.85. The summed E-state index contributed by atoms with van der Waals surface area (Å²) in [5.74, 6) is 0.410. The van der Waals surface area contributed by atoms with Crippen molar-refractivity contribution in [3.8, 4) is 0 Å². The third-order valence-corrected chi connectivity index (χ3v) is 3.99. The topological polar surface area (TPSA) is 41.1 Å². The van der Waals surface area contributed by atoms with Crippen molar-refractivity contribution in [2.24, 2.45) is 5.92 Å². The van der Waals surface area contributed by atoms with Gasteiger partial charge in [0.25, 0.3) is 0 Å². The number of nitrogens with one attached hydrogen (secondary N) is 2. The van der Waals surface area contributed by atoms with Gasteiger partial charge in [-0.05, 0) is 52.1 Å². The summed E-state index contributed by atoms with van der Waals surface area (Å²) in [5, 5.41) is 6.47. The molecule has 4 heteroatoms. The molecular weight excluding hydrogens is 284 g/mol. The van der Waals surface area contributed by atoms with Gasteiger partial charge in [0.15, 0.2) is 0 Å². The van der Waals surface area contributed by atoms with Gasteiger partial charge in [-0.25, -0.2) is 0 Å². The first-order chi connectivity index (χ1) is 9.54. The van der Waals surface area contributed by atoms with E-state index in [0.29, 0.717) is 6.04 Å². The number of carbonyl (C=O) groups excluding carboxylic acids is 1. The number of hydrogen-bond donors (Lipinski definition) is 2. The molecule has 1 aliphatic rings. The third kappa shape index (κ3) is 5.68. The number of aryl methyl sites for hydroxylation is 2. The predicted octanol–water partition coefficient (Wildman–Crippen LogP) is 2.77. The quantitative estimate of drug-likeness (QED) is 0.898. The number of hydrogen-bond acceptors (Lipinski definition) is 2. The van der Waals surface area contributed by atoms with E-state index >= 15 is 0 Å². The molecule has 1 amide bonds. The molecule has 0 saturated carbocycles. The maximum Gasteiger partial charge on any atom is 0.223 e. The average Bonchev–Trinajstić information content (AvgIpc) is 2.37. The molecule has 2 atom stereocenters. The lowest BCUT2D eigenvalue weighted by Gasteiger charge is -2.27. The number of piperidine rings is 1.